The Labute approximate surface area is 111 Å². The molecule has 1 atom stereocenters. The Balaban J connectivity index is 3.37. The van der Waals surface area contributed by atoms with Crippen LogP contribution >= 0.6 is 11.3 Å². The van der Waals surface area contributed by atoms with Gasteiger partial charge in [-0.25, -0.2) is 13.2 Å². The van der Waals surface area contributed by atoms with Crippen LogP contribution in [0.4, 0.5) is 0 Å². The van der Waals surface area contributed by atoms with Crippen LogP contribution in [0.1, 0.15) is 35.5 Å². The average Bonchev–Trinajstić information content (AvgIpc) is 2.69. The molecular weight excluding hydrogens is 274 g/mol. The van der Waals surface area contributed by atoms with Crippen molar-refractivity contribution >= 4 is 27.3 Å². The predicted octanol–water partition coefficient (Wildman–Crippen LogP) is 2.17. The summed E-state index contributed by atoms with van der Waals surface area (Å²) in [6.45, 7) is 5.29. The maximum absolute atomic E-state index is 12.4. The Kier molecular flexibility index (Phi) is 4.52. The van der Waals surface area contributed by atoms with E-state index >= 15 is 0 Å². The van der Waals surface area contributed by atoms with Crippen LogP contribution in [0.25, 0.3) is 0 Å². The van der Waals surface area contributed by atoms with Crippen molar-refractivity contribution in [3.8, 4) is 0 Å². The third-order valence-electron chi connectivity index (χ3n) is 2.96. The Morgan fingerprint density at radius 1 is 1.56 bits per heavy atom. The van der Waals surface area contributed by atoms with Gasteiger partial charge in [0.1, 0.15) is 9.77 Å². The van der Waals surface area contributed by atoms with Gasteiger partial charge in [-0.1, -0.05) is 6.92 Å². The highest BCUT2D eigenvalue weighted by molar-refractivity contribution is 7.89. The number of thiophene rings is 1. The van der Waals surface area contributed by atoms with Gasteiger partial charge >= 0.3 is 5.97 Å². The van der Waals surface area contributed by atoms with Gasteiger partial charge in [-0.05, 0) is 31.2 Å². The quantitative estimate of drug-likeness (QED) is 0.902. The van der Waals surface area contributed by atoms with E-state index in [1.807, 2.05) is 6.92 Å². The molecule has 5 nitrogen and oxygen atoms in total. The van der Waals surface area contributed by atoms with E-state index in [9.17, 15) is 13.2 Å². The number of carboxylic acids is 1. The second kappa shape index (κ2) is 5.38. The molecule has 0 amide bonds. The van der Waals surface area contributed by atoms with Gasteiger partial charge in [0, 0.05) is 13.1 Å². The normalized spacial score (nSPS) is 13.8. The summed E-state index contributed by atoms with van der Waals surface area (Å²) < 4.78 is 26.0. The lowest BCUT2D eigenvalue weighted by molar-refractivity contribution is 0.0698. The van der Waals surface area contributed by atoms with Gasteiger partial charge in [-0.3, -0.25) is 0 Å². The number of hydrogen-bond acceptors (Lipinski definition) is 4. The summed E-state index contributed by atoms with van der Waals surface area (Å²) >= 11 is 0.942. The standard InChI is InChI=1S/C11H17NO4S2/c1-5-8(3)12(4)18(15,16)10-7(2)6-17-9(10)11(13)14/h6,8H,5H2,1-4H3,(H,13,14). The third-order valence-corrected chi connectivity index (χ3v) is 6.34. The molecular formula is C11H17NO4S2. The molecule has 0 aliphatic carbocycles. The van der Waals surface area contributed by atoms with Crippen molar-refractivity contribution < 1.29 is 18.3 Å². The number of carboxylic acid groups (broad SMARTS) is 1. The summed E-state index contributed by atoms with van der Waals surface area (Å²) in [5.74, 6) is -1.20. The van der Waals surface area contributed by atoms with Crippen molar-refractivity contribution in [1.29, 1.82) is 0 Å². The van der Waals surface area contributed by atoms with Gasteiger partial charge in [0.05, 0.1) is 0 Å². The topological polar surface area (TPSA) is 74.7 Å². The number of hydrogen-bond donors (Lipinski definition) is 1. The van der Waals surface area contributed by atoms with Crippen LogP contribution in [0.15, 0.2) is 10.3 Å². The van der Waals surface area contributed by atoms with E-state index in [-0.39, 0.29) is 15.8 Å². The number of sulfonamides is 1. The molecule has 0 bridgehead atoms. The number of aromatic carboxylic acids is 1. The minimum absolute atomic E-state index is 0.0807. The number of rotatable bonds is 5. The molecule has 0 saturated heterocycles. The third kappa shape index (κ3) is 2.57. The highest BCUT2D eigenvalue weighted by Gasteiger charge is 2.32. The minimum atomic E-state index is -3.75. The average molecular weight is 291 g/mol. The fourth-order valence-corrected chi connectivity index (χ4v) is 4.55. The fraction of sp³-hybridized carbons (Fsp3) is 0.545. The van der Waals surface area contributed by atoms with Crippen molar-refractivity contribution in [3.05, 3.63) is 15.8 Å². The first-order chi connectivity index (χ1) is 8.23. The first kappa shape index (κ1) is 15.1. The summed E-state index contributed by atoms with van der Waals surface area (Å²) in [5.41, 5.74) is 0.479. The van der Waals surface area contributed by atoms with Gasteiger partial charge in [0.2, 0.25) is 10.0 Å². The molecule has 0 fully saturated rings. The first-order valence-electron chi connectivity index (χ1n) is 5.52. The van der Waals surface area contributed by atoms with Crippen molar-refractivity contribution in [1.82, 2.24) is 4.31 Å². The van der Waals surface area contributed by atoms with Crippen LogP contribution in [0.2, 0.25) is 0 Å². The van der Waals surface area contributed by atoms with Crippen LogP contribution in [0.5, 0.6) is 0 Å². The molecule has 1 aromatic rings. The number of carbonyl (C=O) groups is 1. The van der Waals surface area contributed by atoms with Crippen LogP contribution in [0.3, 0.4) is 0 Å². The van der Waals surface area contributed by atoms with Crippen LogP contribution < -0.4 is 0 Å². The zero-order chi connectivity index (χ0) is 14.1. The molecule has 1 unspecified atom stereocenters. The fourth-order valence-electron chi connectivity index (χ4n) is 1.54. The number of aryl methyl sites for hydroxylation is 1. The van der Waals surface area contributed by atoms with E-state index in [1.165, 1.54) is 11.4 Å². The van der Waals surface area contributed by atoms with Gasteiger partial charge in [0.15, 0.2) is 0 Å². The van der Waals surface area contributed by atoms with E-state index < -0.39 is 16.0 Å². The lowest BCUT2D eigenvalue weighted by Gasteiger charge is -2.23. The van der Waals surface area contributed by atoms with Crippen molar-refractivity contribution in [2.45, 2.75) is 38.1 Å². The maximum atomic E-state index is 12.4. The Bertz CT molecular complexity index is 547. The predicted molar refractivity (Wildman–Crippen MR) is 70.7 cm³/mol. The summed E-state index contributed by atoms with van der Waals surface area (Å²) in [5, 5.41) is 10.6. The molecule has 18 heavy (non-hydrogen) atoms. The van der Waals surface area contributed by atoms with Gasteiger partial charge < -0.3 is 5.11 Å². The molecule has 1 heterocycles. The minimum Gasteiger partial charge on any atom is -0.477 e. The zero-order valence-corrected chi connectivity index (χ0v) is 12.4. The van der Waals surface area contributed by atoms with Crippen LogP contribution in [-0.2, 0) is 10.0 Å². The molecule has 102 valence electrons. The van der Waals surface area contributed by atoms with Crippen LogP contribution in [0, 0.1) is 6.92 Å². The molecule has 1 rings (SSSR count). The zero-order valence-electron chi connectivity index (χ0n) is 10.8. The van der Waals surface area contributed by atoms with Gasteiger partial charge in [-0.2, -0.15) is 4.31 Å². The highest BCUT2D eigenvalue weighted by Crippen LogP contribution is 2.30. The van der Waals surface area contributed by atoms with Gasteiger partial charge in [-0.15, -0.1) is 11.3 Å². The summed E-state index contributed by atoms with van der Waals surface area (Å²) in [6.07, 6.45) is 0.668. The second-order valence-electron chi connectivity index (χ2n) is 4.16. The lowest BCUT2D eigenvalue weighted by Crippen LogP contribution is -2.35. The van der Waals surface area contributed by atoms with Crippen molar-refractivity contribution in [2.24, 2.45) is 0 Å². The Morgan fingerprint density at radius 3 is 2.56 bits per heavy atom. The molecule has 0 spiro atoms. The van der Waals surface area contributed by atoms with E-state index in [0.29, 0.717) is 12.0 Å². The maximum Gasteiger partial charge on any atom is 0.347 e. The summed E-state index contributed by atoms with van der Waals surface area (Å²) in [4.78, 5) is 10.9. The SMILES string of the molecule is CCC(C)N(C)S(=O)(=O)c1c(C)csc1C(=O)O. The lowest BCUT2D eigenvalue weighted by atomic mass is 10.3. The monoisotopic (exact) mass is 291 g/mol. The van der Waals surface area contributed by atoms with E-state index in [4.69, 9.17) is 5.11 Å². The molecule has 1 N–H and O–H groups in total. The summed E-state index contributed by atoms with van der Waals surface area (Å²) in [6, 6.07) is -0.170. The van der Waals surface area contributed by atoms with E-state index in [2.05, 4.69) is 0 Å². The first-order valence-corrected chi connectivity index (χ1v) is 7.84. The molecule has 1 aromatic heterocycles. The molecule has 0 aliphatic rings. The molecule has 7 heteroatoms. The van der Waals surface area contributed by atoms with Crippen molar-refractivity contribution in [2.75, 3.05) is 7.05 Å². The smallest absolute Gasteiger partial charge is 0.347 e. The van der Waals surface area contributed by atoms with Crippen LogP contribution in [-0.4, -0.2) is 36.9 Å². The second-order valence-corrected chi connectivity index (χ2v) is 6.97. The Morgan fingerprint density at radius 2 is 2.11 bits per heavy atom. The highest BCUT2D eigenvalue weighted by atomic mass is 32.2. The molecule has 0 aromatic carbocycles. The van der Waals surface area contributed by atoms with Crippen molar-refractivity contribution in [3.63, 3.8) is 0 Å². The van der Waals surface area contributed by atoms with Gasteiger partial charge in [0.25, 0.3) is 0 Å². The van der Waals surface area contributed by atoms with E-state index in [0.717, 1.165) is 11.3 Å². The summed E-state index contributed by atoms with van der Waals surface area (Å²) in [7, 11) is -2.27. The largest absolute Gasteiger partial charge is 0.477 e. The Hall–Kier alpha value is -0.920. The van der Waals surface area contributed by atoms with E-state index in [1.54, 1.807) is 19.2 Å². The molecule has 0 saturated carbocycles. The molecule has 0 aliphatic heterocycles. The number of nitrogens with zero attached hydrogens (tertiary/aromatic N) is 1. The molecule has 0 radical (unpaired) electrons.